The van der Waals surface area contributed by atoms with Crippen molar-refractivity contribution in [2.45, 2.75) is 32.7 Å². The number of aromatic amines is 1. The van der Waals surface area contributed by atoms with Crippen LogP contribution in [0, 0.1) is 0 Å². The highest BCUT2D eigenvalue weighted by Gasteiger charge is 2.03. The molecule has 2 aromatic carbocycles. The quantitative estimate of drug-likeness (QED) is 0.235. The molecule has 166 valence electrons. The molecule has 0 spiro atoms. The van der Waals surface area contributed by atoms with Crippen LogP contribution < -0.4 is 15.4 Å². The van der Waals surface area contributed by atoms with E-state index in [0.717, 1.165) is 79.7 Å². The van der Waals surface area contributed by atoms with Gasteiger partial charge in [-0.25, -0.2) is 9.98 Å². The van der Waals surface area contributed by atoms with Gasteiger partial charge in [0.25, 0.3) is 0 Å². The summed E-state index contributed by atoms with van der Waals surface area (Å²) in [5.41, 5.74) is 3.24. The number of rotatable bonds is 12. The molecule has 3 rings (SSSR count). The van der Waals surface area contributed by atoms with Crippen molar-refractivity contribution in [3.8, 4) is 5.75 Å². The highest BCUT2D eigenvalue weighted by Crippen LogP contribution is 2.12. The molecule has 7 heteroatoms. The average molecular weight is 424 g/mol. The number of hydrogen-bond donors (Lipinski definition) is 3. The zero-order chi connectivity index (χ0) is 21.7. The Morgan fingerprint density at radius 2 is 1.81 bits per heavy atom. The number of aryl methyl sites for hydroxylation is 1. The third-order valence-electron chi connectivity index (χ3n) is 4.86. The molecule has 0 unspecified atom stereocenters. The van der Waals surface area contributed by atoms with Crippen LogP contribution in [0.5, 0.6) is 5.75 Å². The minimum absolute atomic E-state index is 0.606. The minimum Gasteiger partial charge on any atom is -0.497 e. The van der Waals surface area contributed by atoms with Crippen molar-refractivity contribution in [3.63, 3.8) is 0 Å². The number of nitrogens with one attached hydrogen (secondary N) is 3. The molecular formula is C24H33N5O2. The van der Waals surface area contributed by atoms with Crippen LogP contribution in [0.2, 0.25) is 0 Å². The van der Waals surface area contributed by atoms with Crippen molar-refractivity contribution in [2.24, 2.45) is 4.99 Å². The Hall–Kier alpha value is -3.06. The van der Waals surface area contributed by atoms with Crippen molar-refractivity contribution in [3.05, 3.63) is 59.9 Å². The Morgan fingerprint density at radius 1 is 1.03 bits per heavy atom. The van der Waals surface area contributed by atoms with Crippen LogP contribution in [0.1, 0.15) is 31.2 Å². The van der Waals surface area contributed by atoms with Crippen LogP contribution in [-0.4, -0.2) is 49.3 Å². The molecule has 0 radical (unpaired) electrons. The fourth-order valence-electron chi connectivity index (χ4n) is 3.19. The van der Waals surface area contributed by atoms with E-state index in [4.69, 9.17) is 14.5 Å². The van der Waals surface area contributed by atoms with E-state index in [1.54, 1.807) is 7.11 Å². The van der Waals surface area contributed by atoms with Gasteiger partial charge in [-0.15, -0.1) is 0 Å². The molecule has 0 aliphatic carbocycles. The summed E-state index contributed by atoms with van der Waals surface area (Å²) in [6.07, 6.45) is 2.79. The second-order valence-electron chi connectivity index (χ2n) is 7.22. The topological polar surface area (TPSA) is 83.6 Å². The predicted octanol–water partition coefficient (Wildman–Crippen LogP) is 3.67. The number of aromatic nitrogens is 2. The molecule has 0 saturated heterocycles. The summed E-state index contributed by atoms with van der Waals surface area (Å²) in [6.45, 7) is 5.75. The van der Waals surface area contributed by atoms with E-state index in [-0.39, 0.29) is 0 Å². The molecular weight excluding hydrogens is 390 g/mol. The van der Waals surface area contributed by atoms with E-state index in [2.05, 4.69) is 26.7 Å². The Kier molecular flexibility index (Phi) is 9.19. The maximum absolute atomic E-state index is 5.42. The van der Waals surface area contributed by atoms with Crippen LogP contribution in [0.15, 0.2) is 53.5 Å². The van der Waals surface area contributed by atoms with Crippen molar-refractivity contribution in [1.29, 1.82) is 0 Å². The van der Waals surface area contributed by atoms with Crippen LogP contribution >= 0.6 is 0 Å². The first-order chi connectivity index (χ1) is 15.3. The molecule has 31 heavy (non-hydrogen) atoms. The highest BCUT2D eigenvalue weighted by molar-refractivity contribution is 5.79. The van der Waals surface area contributed by atoms with Gasteiger partial charge >= 0.3 is 0 Å². The maximum atomic E-state index is 5.42. The Bertz CT molecular complexity index is 904. The summed E-state index contributed by atoms with van der Waals surface area (Å²) in [6, 6.07) is 16.1. The number of ether oxygens (including phenoxy) is 2. The maximum Gasteiger partial charge on any atom is 0.191 e. The smallest absolute Gasteiger partial charge is 0.191 e. The molecule has 0 bridgehead atoms. The van der Waals surface area contributed by atoms with Gasteiger partial charge in [-0.3, -0.25) is 0 Å². The molecule has 0 saturated carbocycles. The van der Waals surface area contributed by atoms with Gasteiger partial charge in [-0.2, -0.15) is 0 Å². The highest BCUT2D eigenvalue weighted by atomic mass is 16.5. The largest absolute Gasteiger partial charge is 0.497 e. The molecule has 7 nitrogen and oxygen atoms in total. The van der Waals surface area contributed by atoms with E-state index in [1.165, 1.54) is 0 Å². The number of benzene rings is 2. The summed E-state index contributed by atoms with van der Waals surface area (Å²) < 4.78 is 10.6. The third-order valence-corrected chi connectivity index (χ3v) is 4.86. The Labute approximate surface area is 184 Å². The zero-order valence-electron chi connectivity index (χ0n) is 18.5. The number of methoxy groups -OCH3 is 1. The summed E-state index contributed by atoms with van der Waals surface area (Å²) in [7, 11) is 1.67. The molecule has 0 aliphatic rings. The van der Waals surface area contributed by atoms with Crippen LogP contribution in [0.4, 0.5) is 0 Å². The zero-order valence-corrected chi connectivity index (χ0v) is 18.5. The predicted molar refractivity (Wildman–Crippen MR) is 126 cm³/mol. The number of para-hydroxylation sites is 2. The molecule has 1 heterocycles. The number of imidazole rings is 1. The van der Waals surface area contributed by atoms with Crippen molar-refractivity contribution >= 4 is 17.0 Å². The number of aliphatic imine (C=N–C) groups is 1. The molecule has 3 N–H and O–H groups in total. The number of hydrogen-bond acceptors (Lipinski definition) is 4. The lowest BCUT2D eigenvalue weighted by molar-refractivity contribution is 0.145. The third kappa shape index (κ3) is 7.61. The first-order valence-corrected chi connectivity index (χ1v) is 10.9. The Balaban J connectivity index is 1.49. The Morgan fingerprint density at radius 3 is 2.55 bits per heavy atom. The average Bonchev–Trinajstić information content (AvgIpc) is 3.22. The van der Waals surface area contributed by atoms with Gasteiger partial charge in [0, 0.05) is 32.7 Å². The fraction of sp³-hybridized carbons (Fsp3) is 0.417. The molecule has 3 aromatic rings. The summed E-state index contributed by atoms with van der Waals surface area (Å²) in [5, 5.41) is 6.84. The lowest BCUT2D eigenvalue weighted by atomic mass is 10.2. The fourth-order valence-corrected chi connectivity index (χ4v) is 3.19. The molecule has 0 fully saturated rings. The molecule has 1 aromatic heterocycles. The van der Waals surface area contributed by atoms with Gasteiger partial charge in [-0.05, 0) is 49.6 Å². The molecule has 0 amide bonds. The lowest BCUT2D eigenvalue weighted by Crippen LogP contribution is -2.38. The minimum atomic E-state index is 0.606. The SMILES string of the molecule is CCOCCCNC(=NCc1ccc(OC)cc1)NCCCc1nc2ccccc2[nH]1. The summed E-state index contributed by atoms with van der Waals surface area (Å²) in [4.78, 5) is 12.8. The second-order valence-corrected chi connectivity index (χ2v) is 7.22. The first-order valence-electron chi connectivity index (χ1n) is 10.9. The number of nitrogens with zero attached hydrogens (tertiary/aromatic N) is 2. The first kappa shape index (κ1) is 22.6. The van der Waals surface area contributed by atoms with Crippen molar-refractivity contribution in [2.75, 3.05) is 33.4 Å². The lowest BCUT2D eigenvalue weighted by Gasteiger charge is -2.13. The number of H-pyrrole nitrogens is 1. The van der Waals surface area contributed by atoms with Crippen LogP contribution in [0.3, 0.4) is 0 Å². The molecule has 0 atom stereocenters. The van der Waals surface area contributed by atoms with Gasteiger partial charge < -0.3 is 25.1 Å². The van der Waals surface area contributed by atoms with Gasteiger partial charge in [0.2, 0.25) is 0 Å². The van der Waals surface area contributed by atoms with Crippen LogP contribution in [0.25, 0.3) is 11.0 Å². The monoisotopic (exact) mass is 423 g/mol. The summed E-state index contributed by atoms with van der Waals surface area (Å²) >= 11 is 0. The normalized spacial score (nSPS) is 11.6. The number of fused-ring (bicyclic) bond motifs is 1. The van der Waals surface area contributed by atoms with E-state index in [0.29, 0.717) is 6.54 Å². The second kappa shape index (κ2) is 12.6. The van der Waals surface area contributed by atoms with E-state index < -0.39 is 0 Å². The van der Waals surface area contributed by atoms with E-state index in [1.807, 2.05) is 49.4 Å². The van der Waals surface area contributed by atoms with Crippen LogP contribution in [-0.2, 0) is 17.7 Å². The van der Waals surface area contributed by atoms with Crippen molar-refractivity contribution in [1.82, 2.24) is 20.6 Å². The van der Waals surface area contributed by atoms with Gasteiger partial charge in [0.15, 0.2) is 5.96 Å². The number of guanidine groups is 1. The summed E-state index contributed by atoms with van der Waals surface area (Å²) in [5.74, 6) is 2.69. The molecule has 0 aliphatic heterocycles. The van der Waals surface area contributed by atoms with E-state index >= 15 is 0 Å². The van der Waals surface area contributed by atoms with E-state index in [9.17, 15) is 0 Å². The standard InChI is InChI=1S/C24H33N5O2/c1-3-31-17-7-16-26-24(27-18-19-11-13-20(30-2)14-12-19)25-15-6-10-23-28-21-8-4-5-9-22(21)29-23/h4-5,8-9,11-14H,3,6-7,10,15-18H2,1-2H3,(H,28,29)(H2,25,26,27). The van der Waals surface area contributed by atoms with Crippen molar-refractivity contribution < 1.29 is 9.47 Å². The van der Waals surface area contributed by atoms with Gasteiger partial charge in [0.1, 0.15) is 11.6 Å². The van der Waals surface area contributed by atoms with Gasteiger partial charge in [-0.1, -0.05) is 24.3 Å². The van der Waals surface area contributed by atoms with Gasteiger partial charge in [0.05, 0.1) is 24.7 Å².